The first-order chi connectivity index (χ1) is 12.5. The molecule has 28 heavy (non-hydrogen) atoms. The third-order valence-electron chi connectivity index (χ3n) is 3.75. The van der Waals surface area contributed by atoms with Crippen molar-refractivity contribution >= 4 is 0 Å². The van der Waals surface area contributed by atoms with E-state index in [-0.39, 0.29) is 42.8 Å². The molecule has 3 aliphatic carbocycles. The molecule has 3 aliphatic rings. The standard InChI is InChI=1S/3C5H10.C4H10O.3CO.Mo.Ti/c3*1-2-4-5-3-1;1-4(2,3)5;3*1-2;;/h3*1-5H2;5H,1-3H3;;;;;/q;;;;;;;;+2. The Bertz CT molecular complexity index is 220. The zero-order valence-corrected chi connectivity index (χ0v) is 21.8. The molecule has 160 valence electrons. The summed E-state index contributed by atoms with van der Waals surface area (Å²) in [5.74, 6) is 0. The third kappa shape index (κ3) is 71.6. The molecular formula is C22H40MoO4Ti+2. The summed E-state index contributed by atoms with van der Waals surface area (Å²) in [5, 5.41) is 8.52. The van der Waals surface area contributed by atoms with Crippen molar-refractivity contribution in [2.45, 2.75) is 123 Å². The summed E-state index contributed by atoms with van der Waals surface area (Å²) in [4.78, 5) is 0. The van der Waals surface area contributed by atoms with Gasteiger partial charge in [-0.3, -0.25) is 0 Å². The Labute approximate surface area is 203 Å². The smallest absolute Gasteiger partial charge is 0 e. The largest absolute Gasteiger partial charge is 2.00 e. The van der Waals surface area contributed by atoms with Gasteiger partial charge < -0.3 is 5.11 Å². The van der Waals surface area contributed by atoms with Gasteiger partial charge >= 0.3 is 55.6 Å². The number of hydrogen-bond acceptors (Lipinski definition) is 1. The molecule has 6 heteroatoms. The van der Waals surface area contributed by atoms with Gasteiger partial charge in [-0.2, -0.15) is 0 Å². The monoisotopic (exact) mass is 514 g/mol. The molecule has 3 rings (SSSR count). The Morgan fingerprint density at radius 3 is 0.536 bits per heavy atom. The van der Waals surface area contributed by atoms with Crippen LogP contribution in [0, 0.1) is 20.0 Å². The topological polar surface area (TPSA) is 79.9 Å². The molecule has 0 atom stereocenters. The van der Waals surface area contributed by atoms with E-state index >= 15 is 0 Å². The molecule has 0 aromatic carbocycles. The van der Waals surface area contributed by atoms with E-state index in [9.17, 15) is 0 Å². The summed E-state index contributed by atoms with van der Waals surface area (Å²) < 4.78 is 22.5. The maximum Gasteiger partial charge on any atom is 2.00 e. The molecule has 0 unspecified atom stereocenters. The maximum absolute atomic E-state index is 8.52. The van der Waals surface area contributed by atoms with Crippen LogP contribution in [0.3, 0.4) is 0 Å². The predicted octanol–water partition coefficient (Wildman–Crippen LogP) is 6.51. The summed E-state index contributed by atoms with van der Waals surface area (Å²) in [5.41, 5.74) is -0.500. The second kappa shape index (κ2) is 41.8. The average molecular weight is 512 g/mol. The molecule has 0 aromatic heterocycles. The van der Waals surface area contributed by atoms with E-state index in [1.807, 2.05) is 0 Å². The van der Waals surface area contributed by atoms with Crippen LogP contribution in [-0.4, -0.2) is 10.7 Å². The first kappa shape index (κ1) is 42.6. The fourth-order valence-electron chi connectivity index (χ4n) is 2.65. The zero-order chi connectivity index (χ0) is 21.1. The Morgan fingerprint density at radius 2 is 0.500 bits per heavy atom. The summed E-state index contributed by atoms with van der Waals surface area (Å²) in [6, 6.07) is 0. The van der Waals surface area contributed by atoms with Gasteiger partial charge in [-0.05, 0) is 20.8 Å². The van der Waals surface area contributed by atoms with Gasteiger partial charge in [-0.25, -0.2) is 0 Å². The van der Waals surface area contributed by atoms with Gasteiger partial charge in [0.15, 0.2) is 0 Å². The van der Waals surface area contributed by atoms with Gasteiger partial charge in [0.25, 0.3) is 0 Å². The molecule has 0 spiro atoms. The average Bonchev–Trinajstić information content (AvgIpc) is 3.47. The van der Waals surface area contributed by atoms with Crippen molar-refractivity contribution in [3.05, 3.63) is 20.0 Å². The minimum absolute atomic E-state index is 0. The van der Waals surface area contributed by atoms with Crippen molar-refractivity contribution < 1.29 is 61.8 Å². The van der Waals surface area contributed by atoms with Crippen LogP contribution in [-0.2, 0) is 56.7 Å². The molecule has 1 N–H and O–H groups in total. The van der Waals surface area contributed by atoms with E-state index in [0.29, 0.717) is 0 Å². The van der Waals surface area contributed by atoms with E-state index in [1.165, 1.54) is 96.3 Å². The van der Waals surface area contributed by atoms with Crippen LogP contribution in [0.1, 0.15) is 117 Å². The van der Waals surface area contributed by atoms with Crippen LogP contribution < -0.4 is 0 Å². The van der Waals surface area contributed by atoms with Crippen molar-refractivity contribution in [1.82, 2.24) is 0 Å². The van der Waals surface area contributed by atoms with Crippen LogP contribution in [0.25, 0.3) is 0 Å². The number of hydrogen-bond donors (Lipinski definition) is 1. The molecule has 0 radical (unpaired) electrons. The molecule has 0 bridgehead atoms. The first-order valence-electron chi connectivity index (χ1n) is 9.84. The predicted molar refractivity (Wildman–Crippen MR) is 103 cm³/mol. The second-order valence-corrected chi connectivity index (χ2v) is 7.47. The van der Waals surface area contributed by atoms with E-state index in [1.54, 1.807) is 20.8 Å². The molecule has 0 aliphatic heterocycles. The fraction of sp³-hybridized carbons (Fsp3) is 0.864. The van der Waals surface area contributed by atoms with Crippen LogP contribution >= 0.6 is 0 Å². The molecule has 0 heterocycles. The molecule has 0 aromatic rings. The van der Waals surface area contributed by atoms with E-state index in [4.69, 9.17) is 19.1 Å². The molecule has 0 amide bonds. The van der Waals surface area contributed by atoms with Crippen molar-refractivity contribution in [1.29, 1.82) is 0 Å². The van der Waals surface area contributed by atoms with E-state index < -0.39 is 5.60 Å². The Morgan fingerprint density at radius 1 is 0.464 bits per heavy atom. The van der Waals surface area contributed by atoms with Gasteiger partial charge in [-0.15, -0.1) is 0 Å². The van der Waals surface area contributed by atoms with Crippen LogP contribution in [0.15, 0.2) is 0 Å². The Hall–Kier alpha value is 0.583. The Kier molecular flexibility index (Phi) is 63.7. The minimum Gasteiger partial charge on any atom is 0 e. The summed E-state index contributed by atoms with van der Waals surface area (Å²) in [6.45, 7) is 18.7. The summed E-state index contributed by atoms with van der Waals surface area (Å²) in [7, 11) is 0. The normalized spacial score (nSPS) is 15.2. The summed E-state index contributed by atoms with van der Waals surface area (Å²) in [6.07, 6.45) is 22.5. The van der Waals surface area contributed by atoms with E-state index in [0.717, 1.165) is 0 Å². The Balaban J connectivity index is -0.0000000518. The molecule has 3 saturated carbocycles. The van der Waals surface area contributed by atoms with Crippen molar-refractivity contribution in [2.24, 2.45) is 0 Å². The minimum atomic E-state index is -0.500. The molecule has 0 saturated heterocycles. The molecule has 4 nitrogen and oxygen atoms in total. The fourth-order valence-corrected chi connectivity index (χ4v) is 2.65. The number of rotatable bonds is 0. The van der Waals surface area contributed by atoms with Gasteiger partial charge in [0, 0.05) is 21.1 Å². The van der Waals surface area contributed by atoms with Crippen molar-refractivity contribution in [3.63, 3.8) is 0 Å². The quantitative estimate of drug-likeness (QED) is 0.224. The van der Waals surface area contributed by atoms with Gasteiger partial charge in [-0.1, -0.05) is 96.3 Å². The zero-order valence-electron chi connectivity index (χ0n) is 18.2. The van der Waals surface area contributed by atoms with Crippen molar-refractivity contribution in [2.75, 3.05) is 0 Å². The maximum atomic E-state index is 8.52. The van der Waals surface area contributed by atoms with E-state index in [2.05, 4.69) is 20.0 Å². The third-order valence-corrected chi connectivity index (χ3v) is 3.75. The van der Waals surface area contributed by atoms with Crippen LogP contribution in [0.5, 0.6) is 0 Å². The van der Waals surface area contributed by atoms with Gasteiger partial charge in [0.05, 0.1) is 5.60 Å². The van der Waals surface area contributed by atoms with Gasteiger partial charge in [0.1, 0.15) is 0 Å². The van der Waals surface area contributed by atoms with Crippen LogP contribution in [0.4, 0.5) is 0 Å². The second-order valence-electron chi connectivity index (χ2n) is 7.47. The van der Waals surface area contributed by atoms with Crippen LogP contribution in [0.2, 0.25) is 0 Å². The molecular weight excluding hydrogens is 472 g/mol. The van der Waals surface area contributed by atoms with Crippen molar-refractivity contribution in [3.8, 4) is 0 Å². The molecule has 3 fully saturated rings. The SMILES string of the molecule is C1CCCC1.C1CCCC1.C1CCCC1.CC(C)(C)O.[C-]#[O+].[C-]#[O+].[C-]#[O+].[Mo].[Ti+2]. The van der Waals surface area contributed by atoms with Gasteiger partial charge in [0.2, 0.25) is 0 Å². The number of aliphatic hydroxyl groups is 1. The summed E-state index contributed by atoms with van der Waals surface area (Å²) >= 11 is 0. The first-order valence-corrected chi connectivity index (χ1v) is 9.84.